The molecule has 0 bridgehead atoms. The summed E-state index contributed by atoms with van der Waals surface area (Å²) in [7, 11) is 0. The number of likely N-dealkylation sites (tertiary alicyclic amines) is 1. The molecule has 0 aliphatic carbocycles. The minimum atomic E-state index is 0.0728. The van der Waals surface area contributed by atoms with Crippen LogP contribution in [0.3, 0.4) is 0 Å². The Morgan fingerprint density at radius 1 is 1.06 bits per heavy atom. The number of carbonyl (C=O) groups is 1. The lowest BCUT2D eigenvalue weighted by Crippen LogP contribution is -2.41. The van der Waals surface area contributed by atoms with E-state index >= 15 is 0 Å². The van der Waals surface area contributed by atoms with Gasteiger partial charge in [0, 0.05) is 56.3 Å². The molecule has 190 valence electrons. The van der Waals surface area contributed by atoms with Gasteiger partial charge < -0.3 is 29.5 Å². The minimum absolute atomic E-state index is 0.0728. The Morgan fingerprint density at radius 3 is 2.81 bits per heavy atom. The Morgan fingerprint density at radius 2 is 1.94 bits per heavy atom. The first-order valence-corrected chi connectivity index (χ1v) is 13.2. The lowest BCUT2D eigenvalue weighted by molar-refractivity contribution is -0.127. The normalized spacial score (nSPS) is 23.7. The van der Waals surface area contributed by atoms with Crippen LogP contribution < -0.4 is 19.9 Å². The van der Waals surface area contributed by atoms with Gasteiger partial charge in [-0.3, -0.25) is 4.79 Å². The van der Waals surface area contributed by atoms with Gasteiger partial charge in [-0.15, -0.1) is 0 Å². The summed E-state index contributed by atoms with van der Waals surface area (Å²) in [4.78, 5) is 23.9. The maximum Gasteiger partial charge on any atom is 0.246 e. The van der Waals surface area contributed by atoms with Crippen molar-refractivity contribution in [2.75, 3.05) is 61.1 Å². The van der Waals surface area contributed by atoms with E-state index in [4.69, 9.17) is 9.47 Å². The van der Waals surface area contributed by atoms with E-state index in [1.807, 2.05) is 11.1 Å². The van der Waals surface area contributed by atoms with Crippen molar-refractivity contribution in [2.45, 2.75) is 38.3 Å². The highest BCUT2D eigenvalue weighted by Gasteiger charge is 2.36. The Labute approximate surface area is 212 Å². The molecule has 6 rings (SSSR count). The summed E-state index contributed by atoms with van der Waals surface area (Å²) < 4.78 is 11.8. The Hall–Kier alpha value is -3.26. The lowest BCUT2D eigenvalue weighted by Gasteiger charge is -2.34. The first-order valence-electron chi connectivity index (χ1n) is 13.2. The first kappa shape index (κ1) is 23.2. The van der Waals surface area contributed by atoms with E-state index < -0.39 is 0 Å². The third kappa shape index (κ3) is 4.39. The summed E-state index contributed by atoms with van der Waals surface area (Å²) in [5, 5.41) is 3.57. The van der Waals surface area contributed by atoms with Crippen LogP contribution in [0.5, 0.6) is 5.75 Å². The number of morpholine rings is 1. The highest BCUT2D eigenvalue weighted by Crippen LogP contribution is 2.40. The first-order chi connectivity index (χ1) is 17.7. The highest BCUT2D eigenvalue weighted by molar-refractivity contribution is 5.87. The number of ether oxygens (including phenoxy) is 2. The number of nitrogens with zero attached hydrogens (tertiary/aromatic N) is 4. The molecule has 4 aliphatic heterocycles. The van der Waals surface area contributed by atoms with Crippen molar-refractivity contribution in [1.29, 1.82) is 0 Å². The Bertz CT molecular complexity index is 1130. The maximum atomic E-state index is 12.4. The van der Waals surface area contributed by atoms with Gasteiger partial charge in [0.1, 0.15) is 18.2 Å². The van der Waals surface area contributed by atoms with Crippen LogP contribution in [0.25, 0.3) is 0 Å². The molecule has 0 unspecified atom stereocenters. The molecule has 3 saturated heterocycles. The molecule has 3 fully saturated rings. The quantitative estimate of drug-likeness (QED) is 0.655. The molecular formula is C28H35N5O3. The van der Waals surface area contributed by atoms with Gasteiger partial charge in [0.25, 0.3) is 0 Å². The van der Waals surface area contributed by atoms with Crippen LogP contribution in [-0.4, -0.2) is 67.8 Å². The summed E-state index contributed by atoms with van der Waals surface area (Å²) in [5.74, 6) is 2.38. The van der Waals surface area contributed by atoms with E-state index in [0.29, 0.717) is 18.6 Å². The standard InChI is InChI=1S/C28H35N5O3/c1-2-27(34)33-13-8-20-4-3-11-31(12-9-24(20)33)21-5-6-26-23(18-21)30-28-22(19-36-26)25(7-10-29-28)32-14-16-35-17-15-32/h2,5-7,10,18,20,24H,1,3-4,8-9,11-17,19H2,(H,29,30)/t20-,24-/m0/s1. The maximum absolute atomic E-state index is 12.4. The number of nitrogens with one attached hydrogen (secondary N) is 1. The molecule has 0 saturated carbocycles. The number of aromatic nitrogens is 1. The third-order valence-corrected chi connectivity index (χ3v) is 8.18. The number of fused-ring (bicyclic) bond motifs is 3. The van der Waals surface area contributed by atoms with Crippen molar-refractivity contribution in [3.8, 4) is 5.75 Å². The number of pyridine rings is 1. The average Bonchev–Trinajstić information content (AvgIpc) is 3.19. The third-order valence-electron chi connectivity index (χ3n) is 8.18. The molecule has 5 heterocycles. The van der Waals surface area contributed by atoms with Crippen molar-refractivity contribution >= 4 is 28.8 Å². The predicted molar refractivity (Wildman–Crippen MR) is 141 cm³/mol. The Kier molecular flexibility index (Phi) is 6.44. The predicted octanol–water partition coefficient (Wildman–Crippen LogP) is 3.95. The fourth-order valence-electron chi connectivity index (χ4n) is 6.29. The SMILES string of the molecule is C=CC(=O)N1CC[C@@H]2CCCN(c3ccc4c(c3)Nc3nccc(N5CCOCC5)c3CO4)CC[C@@H]21. The van der Waals surface area contributed by atoms with Crippen LogP contribution in [-0.2, 0) is 16.1 Å². The molecule has 36 heavy (non-hydrogen) atoms. The molecule has 1 amide bonds. The summed E-state index contributed by atoms with van der Waals surface area (Å²) in [6.45, 7) is 10.2. The fourth-order valence-corrected chi connectivity index (χ4v) is 6.29. The van der Waals surface area contributed by atoms with E-state index in [1.165, 1.54) is 11.8 Å². The molecule has 8 nitrogen and oxygen atoms in total. The molecule has 4 aliphatic rings. The highest BCUT2D eigenvalue weighted by atomic mass is 16.5. The number of hydrogen-bond donors (Lipinski definition) is 1. The monoisotopic (exact) mass is 489 g/mol. The smallest absolute Gasteiger partial charge is 0.246 e. The molecule has 1 N–H and O–H groups in total. The van der Waals surface area contributed by atoms with E-state index in [9.17, 15) is 4.79 Å². The summed E-state index contributed by atoms with van der Waals surface area (Å²) in [6.07, 6.45) is 7.73. The van der Waals surface area contributed by atoms with E-state index in [1.54, 1.807) is 0 Å². The van der Waals surface area contributed by atoms with Crippen molar-refractivity contribution in [2.24, 2.45) is 5.92 Å². The Balaban J connectivity index is 1.22. The molecule has 2 aromatic rings. The molecule has 2 atom stereocenters. The topological polar surface area (TPSA) is 70.2 Å². The van der Waals surface area contributed by atoms with Gasteiger partial charge in [-0.1, -0.05) is 6.58 Å². The van der Waals surface area contributed by atoms with Crippen LogP contribution in [0.2, 0.25) is 0 Å². The number of hydrogen-bond acceptors (Lipinski definition) is 7. The minimum Gasteiger partial charge on any atom is -0.486 e. The molecular weight excluding hydrogens is 454 g/mol. The largest absolute Gasteiger partial charge is 0.486 e. The molecule has 0 spiro atoms. The zero-order valence-corrected chi connectivity index (χ0v) is 20.8. The van der Waals surface area contributed by atoms with Gasteiger partial charge >= 0.3 is 0 Å². The summed E-state index contributed by atoms with van der Waals surface area (Å²) >= 11 is 0. The molecule has 8 heteroatoms. The van der Waals surface area contributed by atoms with Gasteiger partial charge in [0.05, 0.1) is 24.5 Å². The second-order valence-electron chi connectivity index (χ2n) is 10.1. The number of rotatable bonds is 3. The van der Waals surface area contributed by atoms with Crippen LogP contribution >= 0.6 is 0 Å². The number of amides is 1. The molecule has 0 radical (unpaired) electrons. The van der Waals surface area contributed by atoms with Crippen molar-refractivity contribution in [3.63, 3.8) is 0 Å². The fraction of sp³-hybridized carbons (Fsp3) is 0.500. The van der Waals surface area contributed by atoms with Crippen molar-refractivity contribution in [1.82, 2.24) is 9.88 Å². The van der Waals surface area contributed by atoms with Gasteiger partial charge in [-0.05, 0) is 61.9 Å². The van der Waals surface area contributed by atoms with Crippen molar-refractivity contribution < 1.29 is 14.3 Å². The van der Waals surface area contributed by atoms with E-state index in [-0.39, 0.29) is 5.91 Å². The van der Waals surface area contributed by atoms with Crippen LogP contribution in [0.1, 0.15) is 31.2 Å². The summed E-state index contributed by atoms with van der Waals surface area (Å²) in [6, 6.07) is 8.81. The van der Waals surface area contributed by atoms with E-state index in [0.717, 1.165) is 100 Å². The van der Waals surface area contributed by atoms with E-state index in [2.05, 4.69) is 50.9 Å². The molecule has 1 aromatic heterocycles. The van der Waals surface area contributed by atoms with Crippen LogP contribution in [0.4, 0.5) is 22.9 Å². The summed E-state index contributed by atoms with van der Waals surface area (Å²) in [5.41, 5.74) is 4.37. The van der Waals surface area contributed by atoms with Crippen molar-refractivity contribution in [3.05, 3.63) is 48.7 Å². The van der Waals surface area contributed by atoms with Gasteiger partial charge in [-0.25, -0.2) is 4.98 Å². The number of carbonyl (C=O) groups excluding carboxylic acids is 1. The zero-order chi connectivity index (χ0) is 24.5. The molecule has 1 aromatic carbocycles. The number of benzene rings is 1. The second kappa shape index (κ2) is 10.0. The van der Waals surface area contributed by atoms with Crippen LogP contribution in [0.15, 0.2) is 43.1 Å². The second-order valence-corrected chi connectivity index (χ2v) is 10.1. The van der Waals surface area contributed by atoms with Gasteiger partial charge in [-0.2, -0.15) is 0 Å². The van der Waals surface area contributed by atoms with Gasteiger partial charge in [0.15, 0.2) is 0 Å². The zero-order valence-electron chi connectivity index (χ0n) is 20.8. The lowest BCUT2D eigenvalue weighted by atomic mass is 9.90. The average molecular weight is 490 g/mol. The van der Waals surface area contributed by atoms with Gasteiger partial charge in [0.2, 0.25) is 5.91 Å². The number of anilines is 4. The van der Waals surface area contributed by atoms with Crippen LogP contribution in [0, 0.1) is 5.92 Å².